The Kier molecular flexibility index (Phi) is 6.29. The van der Waals surface area contributed by atoms with Crippen molar-refractivity contribution in [3.05, 3.63) is 64.6 Å². The van der Waals surface area contributed by atoms with Crippen LogP contribution >= 0.6 is 27.7 Å². The second-order valence-electron chi connectivity index (χ2n) is 4.39. The van der Waals surface area contributed by atoms with E-state index in [1.807, 2.05) is 18.2 Å². The molecule has 0 saturated heterocycles. The van der Waals surface area contributed by atoms with Crippen LogP contribution in [0.1, 0.15) is 5.56 Å². The van der Waals surface area contributed by atoms with Crippen LogP contribution in [-0.4, -0.2) is 20.7 Å². The summed E-state index contributed by atoms with van der Waals surface area (Å²) in [6.07, 6.45) is 0. The van der Waals surface area contributed by atoms with Crippen molar-refractivity contribution in [2.45, 2.75) is 10.6 Å². The van der Waals surface area contributed by atoms with Gasteiger partial charge in [-0.15, -0.1) is 0 Å². The number of halogens is 1. The molecule has 0 atom stereocenters. The van der Waals surface area contributed by atoms with Gasteiger partial charge in [0.15, 0.2) is 0 Å². The van der Waals surface area contributed by atoms with Crippen LogP contribution < -0.4 is 4.72 Å². The molecule has 2 rings (SSSR count). The summed E-state index contributed by atoms with van der Waals surface area (Å²) >= 11 is 4.99. The van der Waals surface area contributed by atoms with Gasteiger partial charge < -0.3 is 0 Å². The molecule has 0 bridgehead atoms. The second kappa shape index (κ2) is 7.98. The highest BCUT2D eigenvalue weighted by Crippen LogP contribution is 2.16. The van der Waals surface area contributed by atoms with E-state index in [2.05, 4.69) is 32.8 Å². The van der Waals surface area contributed by atoms with Gasteiger partial charge in [0.1, 0.15) is 0 Å². The minimum atomic E-state index is -3.42. The summed E-state index contributed by atoms with van der Waals surface area (Å²) in [5.74, 6) is 1.63. The molecular weight excluding hydrogens is 370 g/mol. The molecule has 0 aromatic heterocycles. The van der Waals surface area contributed by atoms with Gasteiger partial charge in [0.05, 0.1) is 4.90 Å². The van der Waals surface area contributed by atoms with Crippen molar-refractivity contribution in [1.82, 2.24) is 4.72 Å². The molecule has 21 heavy (non-hydrogen) atoms. The highest BCUT2D eigenvalue weighted by atomic mass is 79.9. The molecule has 1 N–H and O–H groups in total. The molecular formula is C15H16BrNO2S2. The summed E-state index contributed by atoms with van der Waals surface area (Å²) < 4.78 is 27.5. The smallest absolute Gasteiger partial charge is 0.210 e. The quantitative estimate of drug-likeness (QED) is 0.739. The Labute approximate surface area is 138 Å². The number of benzene rings is 2. The van der Waals surface area contributed by atoms with E-state index in [9.17, 15) is 8.42 Å². The van der Waals surface area contributed by atoms with Crippen molar-refractivity contribution in [3.63, 3.8) is 0 Å². The molecule has 0 aliphatic heterocycles. The second-order valence-corrected chi connectivity index (χ2v) is 8.18. The first-order valence-electron chi connectivity index (χ1n) is 6.45. The van der Waals surface area contributed by atoms with Gasteiger partial charge >= 0.3 is 0 Å². The molecule has 0 fully saturated rings. The van der Waals surface area contributed by atoms with Crippen LogP contribution in [-0.2, 0) is 15.8 Å². The Morgan fingerprint density at radius 1 is 1.05 bits per heavy atom. The lowest BCUT2D eigenvalue weighted by Crippen LogP contribution is -2.26. The summed E-state index contributed by atoms with van der Waals surface area (Å²) in [5.41, 5.74) is 1.25. The maximum Gasteiger partial charge on any atom is 0.240 e. The van der Waals surface area contributed by atoms with Crippen LogP contribution in [0.3, 0.4) is 0 Å². The third-order valence-electron chi connectivity index (χ3n) is 2.76. The van der Waals surface area contributed by atoms with E-state index in [4.69, 9.17) is 0 Å². The van der Waals surface area contributed by atoms with E-state index >= 15 is 0 Å². The zero-order chi connectivity index (χ0) is 15.1. The Bertz CT molecular complexity index is 675. The standard InChI is InChI=1S/C15H16BrNO2S2/c16-14-7-4-8-15(11-14)21(18,19)17-9-10-20-12-13-5-2-1-3-6-13/h1-8,11,17H,9-10,12H2. The number of thioether (sulfide) groups is 1. The van der Waals surface area contributed by atoms with E-state index < -0.39 is 10.0 Å². The lowest BCUT2D eigenvalue weighted by molar-refractivity contribution is 0.584. The van der Waals surface area contributed by atoms with Gasteiger partial charge in [0.25, 0.3) is 0 Å². The van der Waals surface area contributed by atoms with E-state index in [0.29, 0.717) is 6.54 Å². The maximum atomic E-state index is 12.1. The predicted octanol–water partition coefficient (Wildman–Crippen LogP) is 3.66. The first kappa shape index (κ1) is 16.5. The van der Waals surface area contributed by atoms with Crippen molar-refractivity contribution in [1.29, 1.82) is 0 Å². The highest BCUT2D eigenvalue weighted by Gasteiger charge is 2.13. The van der Waals surface area contributed by atoms with Gasteiger partial charge in [-0.2, -0.15) is 11.8 Å². The third kappa shape index (κ3) is 5.47. The fourth-order valence-electron chi connectivity index (χ4n) is 1.73. The Hall–Kier alpha value is -0.820. The van der Waals surface area contributed by atoms with Gasteiger partial charge in [-0.3, -0.25) is 0 Å². The van der Waals surface area contributed by atoms with Crippen molar-refractivity contribution in [2.75, 3.05) is 12.3 Å². The minimum Gasteiger partial charge on any atom is -0.210 e. The van der Waals surface area contributed by atoms with E-state index in [0.717, 1.165) is 16.0 Å². The molecule has 112 valence electrons. The molecule has 0 aliphatic carbocycles. The molecule has 6 heteroatoms. The fourth-order valence-corrected chi connectivity index (χ4v) is 4.31. The largest absolute Gasteiger partial charge is 0.240 e. The zero-order valence-electron chi connectivity index (χ0n) is 11.3. The maximum absolute atomic E-state index is 12.1. The molecule has 3 nitrogen and oxygen atoms in total. The lowest BCUT2D eigenvalue weighted by atomic mass is 10.2. The predicted molar refractivity (Wildman–Crippen MR) is 91.9 cm³/mol. The van der Waals surface area contributed by atoms with Gasteiger partial charge in [-0.05, 0) is 23.8 Å². The molecule has 0 saturated carbocycles. The summed E-state index contributed by atoms with van der Waals surface area (Å²) in [7, 11) is -3.42. The average Bonchev–Trinajstić information content (AvgIpc) is 2.48. The number of sulfonamides is 1. The molecule has 0 unspecified atom stereocenters. The SMILES string of the molecule is O=S(=O)(NCCSCc1ccccc1)c1cccc(Br)c1. The highest BCUT2D eigenvalue weighted by molar-refractivity contribution is 9.10. The van der Waals surface area contributed by atoms with E-state index in [1.54, 1.807) is 36.0 Å². The fraction of sp³-hybridized carbons (Fsp3) is 0.200. The zero-order valence-corrected chi connectivity index (χ0v) is 14.5. The van der Waals surface area contributed by atoms with Gasteiger partial charge in [-0.25, -0.2) is 13.1 Å². The molecule has 0 amide bonds. The number of hydrogen-bond donors (Lipinski definition) is 1. The van der Waals surface area contributed by atoms with Crippen molar-refractivity contribution in [3.8, 4) is 0 Å². The minimum absolute atomic E-state index is 0.282. The molecule has 2 aromatic carbocycles. The summed E-state index contributed by atoms with van der Waals surface area (Å²) in [6, 6.07) is 16.8. The number of hydrogen-bond acceptors (Lipinski definition) is 3. The van der Waals surface area contributed by atoms with Crippen LogP contribution in [0, 0.1) is 0 Å². The number of rotatable bonds is 7. The third-order valence-corrected chi connectivity index (χ3v) is 5.74. The van der Waals surface area contributed by atoms with Gasteiger partial charge in [-0.1, -0.05) is 52.3 Å². The summed E-state index contributed by atoms with van der Waals surface area (Å²) in [6.45, 7) is 0.423. The number of nitrogens with one attached hydrogen (secondary N) is 1. The van der Waals surface area contributed by atoms with Crippen LogP contribution in [0.25, 0.3) is 0 Å². The van der Waals surface area contributed by atoms with Crippen LogP contribution in [0.4, 0.5) is 0 Å². The van der Waals surface area contributed by atoms with Crippen molar-refractivity contribution < 1.29 is 8.42 Å². The summed E-state index contributed by atoms with van der Waals surface area (Å²) in [4.78, 5) is 0.282. The molecule has 0 aliphatic rings. The topological polar surface area (TPSA) is 46.2 Å². The lowest BCUT2D eigenvalue weighted by Gasteiger charge is -2.07. The van der Waals surface area contributed by atoms with Gasteiger partial charge in [0, 0.05) is 22.5 Å². The summed E-state index contributed by atoms with van der Waals surface area (Å²) in [5, 5.41) is 0. The first-order chi connectivity index (χ1) is 10.1. The van der Waals surface area contributed by atoms with E-state index in [-0.39, 0.29) is 4.90 Å². The Balaban J connectivity index is 1.78. The van der Waals surface area contributed by atoms with Crippen LogP contribution in [0.15, 0.2) is 64.0 Å². The van der Waals surface area contributed by atoms with Crippen molar-refractivity contribution >= 4 is 37.7 Å². The van der Waals surface area contributed by atoms with E-state index in [1.165, 1.54) is 5.56 Å². The monoisotopic (exact) mass is 385 g/mol. The molecule has 0 heterocycles. The van der Waals surface area contributed by atoms with Crippen LogP contribution in [0.2, 0.25) is 0 Å². The molecule has 2 aromatic rings. The molecule has 0 radical (unpaired) electrons. The Morgan fingerprint density at radius 3 is 2.52 bits per heavy atom. The average molecular weight is 386 g/mol. The van der Waals surface area contributed by atoms with Gasteiger partial charge in [0.2, 0.25) is 10.0 Å². The Morgan fingerprint density at radius 2 is 1.81 bits per heavy atom. The first-order valence-corrected chi connectivity index (χ1v) is 9.88. The van der Waals surface area contributed by atoms with Crippen LogP contribution in [0.5, 0.6) is 0 Å². The van der Waals surface area contributed by atoms with Crippen molar-refractivity contribution in [2.24, 2.45) is 0 Å². The molecule has 0 spiro atoms. The normalized spacial score (nSPS) is 11.5.